The molecule has 0 radical (unpaired) electrons. The van der Waals surface area contributed by atoms with Gasteiger partial charge in [0.05, 0.1) is 29.2 Å². The predicted molar refractivity (Wildman–Crippen MR) is 140 cm³/mol. The summed E-state index contributed by atoms with van der Waals surface area (Å²) in [6.07, 6.45) is 1.69. The molecule has 1 aliphatic rings. The van der Waals surface area contributed by atoms with Crippen molar-refractivity contribution in [2.24, 2.45) is 5.41 Å². The Morgan fingerprint density at radius 1 is 1.24 bits per heavy atom. The number of aliphatic hydroxyl groups is 1. The first kappa shape index (κ1) is 28.5. The molecule has 0 saturated carbocycles. The second-order valence-electron chi connectivity index (χ2n) is 9.43. The molecular formula is C27H28ClF3N2O4S. The zero-order valence-electron chi connectivity index (χ0n) is 20.7. The molecule has 38 heavy (non-hydrogen) atoms. The van der Waals surface area contributed by atoms with Crippen LogP contribution in [0.5, 0.6) is 5.75 Å². The number of carboxylic acids is 1. The fourth-order valence-electron chi connectivity index (χ4n) is 4.89. The first-order valence-electron chi connectivity index (χ1n) is 12.2. The van der Waals surface area contributed by atoms with Crippen LogP contribution >= 0.6 is 23.4 Å². The summed E-state index contributed by atoms with van der Waals surface area (Å²) in [5, 5.41) is 22.1. The molecule has 0 unspecified atom stereocenters. The fourth-order valence-corrected chi connectivity index (χ4v) is 6.15. The van der Waals surface area contributed by atoms with Gasteiger partial charge in [-0.1, -0.05) is 11.6 Å². The molecule has 2 aromatic carbocycles. The van der Waals surface area contributed by atoms with E-state index in [1.807, 2.05) is 0 Å². The van der Waals surface area contributed by atoms with E-state index in [1.54, 1.807) is 18.2 Å². The van der Waals surface area contributed by atoms with Gasteiger partial charge in [0, 0.05) is 40.4 Å². The first-order valence-corrected chi connectivity index (χ1v) is 13.5. The highest BCUT2D eigenvalue weighted by Gasteiger charge is 2.41. The summed E-state index contributed by atoms with van der Waals surface area (Å²) in [7, 11) is 1.54. The van der Waals surface area contributed by atoms with E-state index in [1.165, 1.54) is 13.3 Å². The van der Waals surface area contributed by atoms with Gasteiger partial charge in [0.25, 0.3) is 0 Å². The van der Waals surface area contributed by atoms with Gasteiger partial charge in [-0.2, -0.15) is 0 Å². The van der Waals surface area contributed by atoms with Crippen molar-refractivity contribution in [2.45, 2.75) is 36.7 Å². The average molecular weight is 569 g/mol. The summed E-state index contributed by atoms with van der Waals surface area (Å²) in [5.41, 5.74) is 0.130. The molecule has 2 N–H and O–H groups in total. The van der Waals surface area contributed by atoms with Crippen LogP contribution in [0.3, 0.4) is 0 Å². The lowest BCUT2D eigenvalue weighted by atomic mass is 9.74. The van der Waals surface area contributed by atoms with Crippen LogP contribution < -0.4 is 4.74 Å². The van der Waals surface area contributed by atoms with Crippen molar-refractivity contribution in [3.63, 3.8) is 0 Å². The van der Waals surface area contributed by atoms with Crippen molar-refractivity contribution in [2.75, 3.05) is 32.5 Å². The molecule has 204 valence electrons. The summed E-state index contributed by atoms with van der Waals surface area (Å²) < 4.78 is 46.0. The molecule has 0 aliphatic carbocycles. The third-order valence-electron chi connectivity index (χ3n) is 7.19. The summed E-state index contributed by atoms with van der Waals surface area (Å²) in [6, 6.07) is 6.76. The zero-order chi connectivity index (χ0) is 27.4. The number of benzene rings is 2. The molecule has 1 aromatic heterocycles. The molecule has 6 nitrogen and oxygen atoms in total. The number of methoxy groups -OCH3 is 1. The molecular weight excluding hydrogens is 541 g/mol. The standard InChI is InChI=1S/C27H28ClF3N2O4S/c1-37-17-2-3-21-18(14-17)24(19(28)15-32-21)22(34)4-5-27(26(35)36)6-8-33(9-7-27)10-11-38-23-13-16(29)12-20(30)25(23)31/h2-3,12-15,22,34H,4-11H2,1H3,(H,35,36)/t22-/m0/s1. The largest absolute Gasteiger partial charge is 0.497 e. The number of hydrogen-bond donors (Lipinski definition) is 2. The Kier molecular flexibility index (Phi) is 9.07. The van der Waals surface area contributed by atoms with Gasteiger partial charge in [0.1, 0.15) is 11.6 Å². The van der Waals surface area contributed by atoms with Crippen LogP contribution in [-0.2, 0) is 4.79 Å². The summed E-state index contributed by atoms with van der Waals surface area (Å²) >= 11 is 7.42. The quantitative estimate of drug-likeness (QED) is 0.226. The molecule has 4 rings (SSSR count). The number of thioether (sulfide) groups is 1. The number of carbonyl (C=O) groups is 1. The van der Waals surface area contributed by atoms with E-state index < -0.39 is 34.9 Å². The summed E-state index contributed by atoms with van der Waals surface area (Å²) in [5.74, 6) is -3.05. The lowest BCUT2D eigenvalue weighted by Crippen LogP contribution is -2.45. The maximum absolute atomic E-state index is 13.9. The Balaban J connectivity index is 1.37. The third-order valence-corrected chi connectivity index (χ3v) is 8.49. The van der Waals surface area contributed by atoms with Gasteiger partial charge in [0.2, 0.25) is 0 Å². The lowest BCUT2D eigenvalue weighted by molar-refractivity contribution is -0.153. The number of pyridine rings is 1. The number of aromatic nitrogens is 1. The number of hydrogen-bond acceptors (Lipinski definition) is 6. The topological polar surface area (TPSA) is 82.9 Å². The minimum Gasteiger partial charge on any atom is -0.497 e. The van der Waals surface area contributed by atoms with Crippen molar-refractivity contribution in [1.82, 2.24) is 9.88 Å². The van der Waals surface area contributed by atoms with E-state index >= 15 is 0 Å². The van der Waals surface area contributed by atoms with E-state index in [0.717, 1.165) is 17.8 Å². The zero-order valence-corrected chi connectivity index (χ0v) is 22.3. The normalized spacial score (nSPS) is 16.5. The van der Waals surface area contributed by atoms with Crippen molar-refractivity contribution in [1.29, 1.82) is 0 Å². The van der Waals surface area contributed by atoms with Crippen LogP contribution in [0.1, 0.15) is 37.4 Å². The molecule has 1 saturated heterocycles. The van der Waals surface area contributed by atoms with E-state index in [-0.39, 0.29) is 17.7 Å². The van der Waals surface area contributed by atoms with Crippen LogP contribution in [0.2, 0.25) is 5.02 Å². The van der Waals surface area contributed by atoms with Crippen molar-refractivity contribution >= 4 is 40.2 Å². The number of aliphatic hydroxyl groups excluding tert-OH is 1. The number of nitrogens with zero attached hydrogens (tertiary/aromatic N) is 2. The smallest absolute Gasteiger partial charge is 0.309 e. The molecule has 3 aromatic rings. The van der Waals surface area contributed by atoms with Gasteiger partial charge >= 0.3 is 5.97 Å². The first-order chi connectivity index (χ1) is 18.1. The number of ether oxygens (including phenoxy) is 1. The maximum atomic E-state index is 13.9. The number of halogens is 4. The highest BCUT2D eigenvalue weighted by atomic mass is 35.5. The second kappa shape index (κ2) is 12.1. The molecule has 11 heteroatoms. The predicted octanol–water partition coefficient (Wildman–Crippen LogP) is 6.09. The van der Waals surface area contributed by atoms with E-state index in [4.69, 9.17) is 16.3 Å². The van der Waals surface area contributed by atoms with Crippen LogP contribution in [0, 0.1) is 22.9 Å². The van der Waals surface area contributed by atoms with Gasteiger partial charge in [-0.15, -0.1) is 11.8 Å². The SMILES string of the molecule is COc1ccc2ncc(Cl)c([C@@H](O)CCC3(C(=O)O)CCN(CCSc4cc(F)cc(F)c4F)CC3)c2c1. The minimum absolute atomic E-state index is 0.0895. The second-order valence-corrected chi connectivity index (χ2v) is 11.0. The van der Waals surface area contributed by atoms with E-state index in [0.29, 0.717) is 71.5 Å². The number of likely N-dealkylation sites (tertiary alicyclic amines) is 1. The Hall–Kier alpha value is -2.53. The Bertz CT molecular complexity index is 1320. The van der Waals surface area contributed by atoms with Gasteiger partial charge in [-0.3, -0.25) is 9.78 Å². The average Bonchev–Trinajstić information content (AvgIpc) is 2.90. The third kappa shape index (κ3) is 6.20. The number of piperidine rings is 1. The molecule has 0 amide bonds. The Morgan fingerprint density at radius 3 is 2.66 bits per heavy atom. The summed E-state index contributed by atoms with van der Waals surface area (Å²) in [4.78, 5) is 18.6. The van der Waals surface area contributed by atoms with Crippen molar-refractivity contribution < 1.29 is 32.9 Å². The lowest BCUT2D eigenvalue weighted by Gasteiger charge is -2.39. The van der Waals surface area contributed by atoms with Crippen LogP contribution in [0.4, 0.5) is 13.2 Å². The fraction of sp³-hybridized carbons (Fsp3) is 0.407. The van der Waals surface area contributed by atoms with Crippen LogP contribution in [0.15, 0.2) is 41.4 Å². The van der Waals surface area contributed by atoms with Gasteiger partial charge < -0.3 is 19.8 Å². The highest BCUT2D eigenvalue weighted by Crippen LogP contribution is 2.41. The van der Waals surface area contributed by atoms with Gasteiger partial charge in [-0.25, -0.2) is 13.2 Å². The molecule has 0 spiro atoms. The molecule has 1 fully saturated rings. The molecule has 2 heterocycles. The van der Waals surface area contributed by atoms with Gasteiger partial charge in [-0.05, 0) is 63.0 Å². The van der Waals surface area contributed by atoms with Gasteiger partial charge in [0.15, 0.2) is 11.6 Å². The number of fused-ring (bicyclic) bond motifs is 1. The van der Waals surface area contributed by atoms with E-state index in [2.05, 4.69) is 9.88 Å². The van der Waals surface area contributed by atoms with Crippen molar-refractivity contribution in [3.8, 4) is 5.75 Å². The molecule has 0 bridgehead atoms. The number of carboxylic acid groups (broad SMARTS) is 1. The summed E-state index contributed by atoms with van der Waals surface area (Å²) in [6.45, 7) is 1.51. The maximum Gasteiger partial charge on any atom is 0.309 e. The number of aliphatic carboxylic acids is 1. The monoisotopic (exact) mass is 568 g/mol. The molecule has 1 atom stereocenters. The van der Waals surface area contributed by atoms with E-state index in [9.17, 15) is 28.2 Å². The molecule has 1 aliphatic heterocycles. The van der Waals surface area contributed by atoms with Crippen molar-refractivity contribution in [3.05, 3.63) is 64.6 Å². The highest BCUT2D eigenvalue weighted by molar-refractivity contribution is 7.99. The van der Waals surface area contributed by atoms with Crippen LogP contribution in [-0.4, -0.2) is 58.6 Å². The Labute approximate surface area is 227 Å². The Morgan fingerprint density at radius 2 is 1.97 bits per heavy atom. The number of rotatable bonds is 10. The minimum atomic E-state index is -1.22. The van der Waals surface area contributed by atoms with Crippen LogP contribution in [0.25, 0.3) is 10.9 Å².